The molecule has 1 aliphatic rings. The zero-order valence-corrected chi connectivity index (χ0v) is 10.7. The molecule has 1 saturated carbocycles. The molecule has 3 nitrogen and oxygen atoms in total. The van der Waals surface area contributed by atoms with Gasteiger partial charge in [-0.3, -0.25) is 4.90 Å². The maximum atomic E-state index is 12.8. The van der Waals surface area contributed by atoms with E-state index in [4.69, 9.17) is 5.73 Å². The fourth-order valence-electron chi connectivity index (χ4n) is 2.35. The number of likely N-dealkylation sites (N-methyl/N-ethyl adjacent to an activating group) is 1. The Bertz CT molecular complexity index is 378. The van der Waals surface area contributed by atoms with E-state index in [2.05, 4.69) is 4.90 Å². The molecule has 0 radical (unpaired) electrons. The number of benzene rings is 1. The molecule has 1 aromatic carbocycles. The smallest absolute Gasteiger partial charge is 0.123 e. The molecule has 0 saturated heterocycles. The molecule has 0 aromatic heterocycles. The molecule has 0 aliphatic heterocycles. The lowest BCUT2D eigenvalue weighted by atomic mass is 10.0. The number of nitrogens with zero attached hydrogens (tertiary/aromatic N) is 1. The van der Waals surface area contributed by atoms with E-state index in [1.807, 2.05) is 7.05 Å². The van der Waals surface area contributed by atoms with Crippen LogP contribution in [0.5, 0.6) is 0 Å². The van der Waals surface area contributed by atoms with Crippen LogP contribution >= 0.6 is 0 Å². The number of aliphatic hydroxyl groups excluding tert-OH is 1. The second kappa shape index (κ2) is 5.78. The van der Waals surface area contributed by atoms with Gasteiger partial charge in [0.1, 0.15) is 5.82 Å². The van der Waals surface area contributed by atoms with E-state index in [1.165, 1.54) is 25.0 Å². The summed E-state index contributed by atoms with van der Waals surface area (Å²) in [6, 6.07) is 6.45. The SMILES string of the molecule is CN(Cc1ccc(F)cc1)C(CO)C(N)C1CC1. The van der Waals surface area contributed by atoms with Crippen molar-refractivity contribution in [2.45, 2.75) is 31.5 Å². The van der Waals surface area contributed by atoms with Crippen molar-refractivity contribution in [1.29, 1.82) is 0 Å². The van der Waals surface area contributed by atoms with Crippen LogP contribution in [0.1, 0.15) is 18.4 Å². The van der Waals surface area contributed by atoms with Gasteiger partial charge in [-0.25, -0.2) is 4.39 Å². The second-order valence-electron chi connectivity index (χ2n) is 5.21. The Balaban J connectivity index is 1.96. The molecule has 2 atom stereocenters. The van der Waals surface area contributed by atoms with Crippen molar-refractivity contribution < 1.29 is 9.50 Å². The normalized spacial score (nSPS) is 18.9. The van der Waals surface area contributed by atoms with Crippen LogP contribution in [-0.2, 0) is 6.54 Å². The fraction of sp³-hybridized carbons (Fsp3) is 0.571. The summed E-state index contributed by atoms with van der Waals surface area (Å²) in [7, 11) is 1.95. The topological polar surface area (TPSA) is 49.5 Å². The maximum absolute atomic E-state index is 12.8. The number of halogens is 1. The van der Waals surface area contributed by atoms with Crippen molar-refractivity contribution in [3.63, 3.8) is 0 Å². The Hall–Kier alpha value is -0.970. The van der Waals surface area contributed by atoms with Crippen molar-refractivity contribution in [3.05, 3.63) is 35.6 Å². The van der Waals surface area contributed by atoms with Gasteiger partial charge in [0.15, 0.2) is 0 Å². The lowest BCUT2D eigenvalue weighted by molar-refractivity contribution is 0.115. The van der Waals surface area contributed by atoms with Gasteiger partial charge in [0.2, 0.25) is 0 Å². The zero-order chi connectivity index (χ0) is 13.1. The number of hydrogen-bond donors (Lipinski definition) is 2. The molecule has 0 amide bonds. The van der Waals surface area contributed by atoms with Crippen molar-refractivity contribution in [2.75, 3.05) is 13.7 Å². The molecular weight excluding hydrogens is 231 g/mol. The maximum Gasteiger partial charge on any atom is 0.123 e. The predicted molar refractivity (Wildman–Crippen MR) is 69.4 cm³/mol. The highest BCUT2D eigenvalue weighted by molar-refractivity contribution is 5.16. The summed E-state index contributed by atoms with van der Waals surface area (Å²) < 4.78 is 12.8. The molecule has 1 aliphatic carbocycles. The highest BCUT2D eigenvalue weighted by Gasteiger charge is 2.35. The largest absolute Gasteiger partial charge is 0.395 e. The van der Waals surface area contributed by atoms with Gasteiger partial charge in [0.05, 0.1) is 6.61 Å². The van der Waals surface area contributed by atoms with Gasteiger partial charge in [0, 0.05) is 18.6 Å². The molecule has 3 N–H and O–H groups in total. The zero-order valence-electron chi connectivity index (χ0n) is 10.7. The highest BCUT2D eigenvalue weighted by atomic mass is 19.1. The van der Waals surface area contributed by atoms with Crippen molar-refractivity contribution in [3.8, 4) is 0 Å². The Kier molecular flexibility index (Phi) is 4.32. The van der Waals surface area contributed by atoms with Gasteiger partial charge in [-0.05, 0) is 43.5 Å². The predicted octanol–water partition coefficient (Wildman–Crippen LogP) is 1.36. The van der Waals surface area contributed by atoms with Gasteiger partial charge < -0.3 is 10.8 Å². The molecule has 0 bridgehead atoms. The summed E-state index contributed by atoms with van der Waals surface area (Å²) in [6.45, 7) is 0.737. The lowest BCUT2D eigenvalue weighted by Gasteiger charge is -2.31. The molecule has 1 fully saturated rings. The van der Waals surface area contributed by atoms with Crippen LogP contribution in [0.25, 0.3) is 0 Å². The van der Waals surface area contributed by atoms with Crippen molar-refractivity contribution in [2.24, 2.45) is 11.7 Å². The van der Waals surface area contributed by atoms with Gasteiger partial charge in [-0.2, -0.15) is 0 Å². The minimum atomic E-state index is -0.227. The minimum absolute atomic E-state index is 0.0254. The minimum Gasteiger partial charge on any atom is -0.395 e. The van der Waals surface area contributed by atoms with Crippen LogP contribution in [0.15, 0.2) is 24.3 Å². The summed E-state index contributed by atoms with van der Waals surface area (Å²) in [5.74, 6) is 0.326. The van der Waals surface area contributed by atoms with E-state index < -0.39 is 0 Å². The Morgan fingerprint density at radius 3 is 2.50 bits per heavy atom. The van der Waals surface area contributed by atoms with Gasteiger partial charge in [-0.15, -0.1) is 0 Å². The number of aliphatic hydroxyl groups is 1. The fourth-order valence-corrected chi connectivity index (χ4v) is 2.35. The highest BCUT2D eigenvalue weighted by Crippen LogP contribution is 2.33. The molecule has 18 heavy (non-hydrogen) atoms. The first-order valence-electron chi connectivity index (χ1n) is 6.43. The first-order chi connectivity index (χ1) is 8.61. The van der Waals surface area contributed by atoms with E-state index in [1.54, 1.807) is 12.1 Å². The molecule has 2 unspecified atom stereocenters. The lowest BCUT2D eigenvalue weighted by Crippen LogP contribution is -2.49. The number of rotatable bonds is 6. The quantitative estimate of drug-likeness (QED) is 0.803. The third-order valence-corrected chi connectivity index (χ3v) is 3.71. The van der Waals surface area contributed by atoms with Gasteiger partial charge in [-0.1, -0.05) is 12.1 Å². The van der Waals surface area contributed by atoms with Crippen LogP contribution in [0.3, 0.4) is 0 Å². The Labute approximate surface area is 107 Å². The van der Waals surface area contributed by atoms with Crippen LogP contribution < -0.4 is 5.73 Å². The number of hydrogen-bond acceptors (Lipinski definition) is 3. The average Bonchev–Trinajstić information content (AvgIpc) is 3.17. The van der Waals surface area contributed by atoms with E-state index in [-0.39, 0.29) is 24.5 Å². The third kappa shape index (κ3) is 3.28. The summed E-state index contributed by atoms with van der Waals surface area (Å²) in [5, 5.41) is 9.48. The summed E-state index contributed by atoms with van der Waals surface area (Å²) in [5.41, 5.74) is 7.18. The average molecular weight is 252 g/mol. The van der Waals surface area contributed by atoms with E-state index in [9.17, 15) is 9.50 Å². The van der Waals surface area contributed by atoms with Gasteiger partial charge >= 0.3 is 0 Å². The third-order valence-electron chi connectivity index (χ3n) is 3.71. The summed E-state index contributed by atoms with van der Waals surface area (Å²) in [4.78, 5) is 2.05. The Morgan fingerprint density at radius 2 is 2.00 bits per heavy atom. The molecule has 2 rings (SSSR count). The second-order valence-corrected chi connectivity index (χ2v) is 5.21. The molecule has 1 aromatic rings. The van der Waals surface area contributed by atoms with E-state index in [0.717, 1.165) is 5.56 Å². The first kappa shape index (κ1) is 13.5. The van der Waals surface area contributed by atoms with Crippen LogP contribution in [0, 0.1) is 11.7 Å². The van der Waals surface area contributed by atoms with E-state index in [0.29, 0.717) is 12.5 Å². The summed E-state index contributed by atoms with van der Waals surface area (Å²) in [6.07, 6.45) is 2.34. The van der Waals surface area contributed by atoms with Gasteiger partial charge in [0.25, 0.3) is 0 Å². The standard InChI is InChI=1S/C14H21FN2O/c1-17(8-10-2-6-12(15)7-3-10)13(9-18)14(16)11-4-5-11/h2-3,6-7,11,13-14,18H,4-5,8-9,16H2,1H3. The molecule has 4 heteroatoms. The summed E-state index contributed by atoms with van der Waals surface area (Å²) >= 11 is 0. The molecule has 0 spiro atoms. The molecular formula is C14H21FN2O. The van der Waals surface area contributed by atoms with Crippen LogP contribution in [0.2, 0.25) is 0 Å². The van der Waals surface area contributed by atoms with E-state index >= 15 is 0 Å². The number of nitrogens with two attached hydrogens (primary N) is 1. The monoisotopic (exact) mass is 252 g/mol. The van der Waals surface area contributed by atoms with Crippen molar-refractivity contribution in [1.82, 2.24) is 4.90 Å². The Morgan fingerprint density at radius 1 is 1.39 bits per heavy atom. The van der Waals surface area contributed by atoms with Crippen LogP contribution in [0.4, 0.5) is 4.39 Å². The van der Waals surface area contributed by atoms with Crippen LogP contribution in [-0.4, -0.2) is 35.7 Å². The first-order valence-corrected chi connectivity index (χ1v) is 6.43. The molecule has 0 heterocycles. The van der Waals surface area contributed by atoms with Crippen molar-refractivity contribution >= 4 is 0 Å². The molecule has 100 valence electrons.